The number of aryl methyl sites for hydroxylation is 1. The Kier molecular flexibility index (Phi) is 7.20. The zero-order valence-electron chi connectivity index (χ0n) is 16.1. The summed E-state index contributed by atoms with van der Waals surface area (Å²) in [5.41, 5.74) is 1.59. The van der Waals surface area contributed by atoms with Crippen LogP contribution < -0.4 is 5.32 Å². The molecule has 8 nitrogen and oxygen atoms in total. The van der Waals surface area contributed by atoms with E-state index in [0.29, 0.717) is 32.1 Å². The maximum absolute atomic E-state index is 12.3. The van der Waals surface area contributed by atoms with Crippen molar-refractivity contribution in [1.29, 1.82) is 0 Å². The fourth-order valence-corrected chi connectivity index (χ4v) is 6.36. The third-order valence-electron chi connectivity index (χ3n) is 4.17. The Balaban J connectivity index is 1.31. The van der Waals surface area contributed by atoms with Gasteiger partial charge in [-0.2, -0.15) is 0 Å². The first kappa shape index (κ1) is 21.5. The molecular weight excluding hydrogens is 462 g/mol. The highest BCUT2D eigenvalue weighted by Crippen LogP contribution is 2.31. The van der Waals surface area contributed by atoms with E-state index < -0.39 is 0 Å². The number of nitrogens with one attached hydrogen (secondary N) is 1. The molecule has 1 aromatic carbocycles. The quantitative estimate of drug-likeness (QED) is 0.514. The van der Waals surface area contributed by atoms with E-state index in [-0.39, 0.29) is 17.6 Å². The average molecular weight is 482 g/mol. The third kappa shape index (κ3) is 5.70. The molecule has 1 aliphatic heterocycles. The number of thioether (sulfide) groups is 2. The summed E-state index contributed by atoms with van der Waals surface area (Å²) in [6.45, 7) is 4.39. The lowest BCUT2D eigenvalue weighted by molar-refractivity contribution is -0.132. The molecule has 1 N–H and O–H groups in total. The van der Waals surface area contributed by atoms with Crippen molar-refractivity contribution in [1.82, 2.24) is 20.1 Å². The SMILES string of the molecule is Cc1nnc(SCC(=O)Nc2ccc3nc(SCC(=O)N4CCOCC4)sc3c2)s1. The van der Waals surface area contributed by atoms with Crippen LogP contribution in [0.4, 0.5) is 5.69 Å². The lowest BCUT2D eigenvalue weighted by atomic mass is 10.3. The zero-order valence-corrected chi connectivity index (χ0v) is 19.4. The maximum atomic E-state index is 12.3. The Hall–Kier alpha value is -1.73. The van der Waals surface area contributed by atoms with Gasteiger partial charge in [-0.15, -0.1) is 21.5 Å². The van der Waals surface area contributed by atoms with E-state index in [1.54, 1.807) is 0 Å². The van der Waals surface area contributed by atoms with Gasteiger partial charge < -0.3 is 15.0 Å². The zero-order chi connectivity index (χ0) is 20.9. The van der Waals surface area contributed by atoms with Crippen molar-refractivity contribution in [2.75, 3.05) is 43.1 Å². The Morgan fingerprint density at radius 1 is 1.13 bits per heavy atom. The van der Waals surface area contributed by atoms with Crippen molar-refractivity contribution in [3.63, 3.8) is 0 Å². The van der Waals surface area contributed by atoms with Crippen molar-refractivity contribution in [3.05, 3.63) is 23.2 Å². The Labute approximate surface area is 189 Å². The van der Waals surface area contributed by atoms with E-state index in [2.05, 4.69) is 20.5 Å². The van der Waals surface area contributed by atoms with Gasteiger partial charge in [-0.25, -0.2) is 4.98 Å². The Bertz CT molecular complexity index is 1050. The molecule has 3 heterocycles. The molecule has 0 bridgehead atoms. The number of morpholine rings is 1. The number of hydrogen-bond donors (Lipinski definition) is 1. The molecule has 0 unspecified atom stereocenters. The molecule has 158 valence electrons. The average Bonchev–Trinajstić information content (AvgIpc) is 3.36. The van der Waals surface area contributed by atoms with Crippen LogP contribution >= 0.6 is 46.2 Å². The number of amides is 2. The van der Waals surface area contributed by atoms with E-state index in [1.807, 2.05) is 30.0 Å². The molecule has 30 heavy (non-hydrogen) atoms. The lowest BCUT2D eigenvalue weighted by Gasteiger charge is -2.26. The lowest BCUT2D eigenvalue weighted by Crippen LogP contribution is -2.41. The Morgan fingerprint density at radius 2 is 1.93 bits per heavy atom. The van der Waals surface area contributed by atoms with Gasteiger partial charge in [0.15, 0.2) is 8.68 Å². The first-order chi connectivity index (χ1) is 14.6. The summed E-state index contributed by atoms with van der Waals surface area (Å²) in [6, 6.07) is 5.64. The van der Waals surface area contributed by atoms with Crippen LogP contribution in [0.1, 0.15) is 5.01 Å². The number of rotatable bonds is 7. The van der Waals surface area contributed by atoms with Crippen molar-refractivity contribution >= 4 is 73.9 Å². The molecular formula is C18H19N5O3S4. The summed E-state index contributed by atoms with van der Waals surface area (Å²) in [6.07, 6.45) is 0. The third-order valence-corrected chi connectivity index (χ3v) is 8.29. The van der Waals surface area contributed by atoms with Crippen LogP contribution in [0.2, 0.25) is 0 Å². The highest BCUT2D eigenvalue weighted by molar-refractivity contribution is 8.02. The number of ether oxygens (including phenoxy) is 1. The molecule has 1 fully saturated rings. The molecule has 0 aliphatic carbocycles. The van der Waals surface area contributed by atoms with Gasteiger partial charge in [-0.05, 0) is 25.1 Å². The monoisotopic (exact) mass is 481 g/mol. The normalized spacial score (nSPS) is 14.2. The number of anilines is 1. The van der Waals surface area contributed by atoms with E-state index >= 15 is 0 Å². The van der Waals surface area contributed by atoms with Gasteiger partial charge in [0, 0.05) is 18.8 Å². The van der Waals surface area contributed by atoms with Crippen LogP contribution in [0.15, 0.2) is 26.9 Å². The minimum Gasteiger partial charge on any atom is -0.378 e. The van der Waals surface area contributed by atoms with Gasteiger partial charge in [0.05, 0.1) is 34.9 Å². The first-order valence-corrected chi connectivity index (χ1v) is 12.8. The summed E-state index contributed by atoms with van der Waals surface area (Å²) in [7, 11) is 0. The molecule has 1 aliphatic rings. The number of thiazole rings is 1. The molecule has 0 radical (unpaired) electrons. The second-order valence-electron chi connectivity index (χ2n) is 6.37. The predicted molar refractivity (Wildman–Crippen MR) is 122 cm³/mol. The number of hydrogen-bond acceptors (Lipinski definition) is 10. The fraction of sp³-hybridized carbons (Fsp3) is 0.389. The summed E-state index contributed by atoms with van der Waals surface area (Å²) in [5, 5.41) is 11.7. The molecule has 2 amide bonds. The van der Waals surface area contributed by atoms with Gasteiger partial charge in [0.1, 0.15) is 5.01 Å². The van der Waals surface area contributed by atoms with E-state index in [1.165, 1.54) is 46.2 Å². The van der Waals surface area contributed by atoms with E-state index in [9.17, 15) is 9.59 Å². The summed E-state index contributed by atoms with van der Waals surface area (Å²) in [4.78, 5) is 30.9. The molecule has 3 aromatic rings. The second kappa shape index (κ2) is 10.1. The number of nitrogens with zero attached hydrogens (tertiary/aromatic N) is 4. The fourth-order valence-electron chi connectivity index (χ4n) is 2.73. The highest BCUT2D eigenvalue weighted by atomic mass is 32.2. The van der Waals surface area contributed by atoms with Crippen LogP contribution in [0.3, 0.4) is 0 Å². The number of carbonyl (C=O) groups excluding carboxylic acids is 2. The highest BCUT2D eigenvalue weighted by Gasteiger charge is 2.17. The number of carbonyl (C=O) groups is 2. The minimum atomic E-state index is -0.0950. The van der Waals surface area contributed by atoms with Gasteiger partial charge >= 0.3 is 0 Å². The second-order valence-corrected chi connectivity index (χ2v) is 11.0. The molecule has 1 saturated heterocycles. The summed E-state index contributed by atoms with van der Waals surface area (Å²) >= 11 is 5.82. The largest absolute Gasteiger partial charge is 0.378 e. The standard InChI is InChI=1S/C18H19N5O3S4/c1-11-21-22-18(29-11)27-9-15(24)19-12-2-3-13-14(8-12)30-17(20-13)28-10-16(25)23-4-6-26-7-5-23/h2-3,8H,4-7,9-10H2,1H3,(H,19,24). The molecule has 4 rings (SSSR count). The molecule has 2 aromatic heterocycles. The van der Waals surface area contributed by atoms with Crippen LogP contribution in [0, 0.1) is 6.92 Å². The summed E-state index contributed by atoms with van der Waals surface area (Å²) in [5.74, 6) is 0.660. The maximum Gasteiger partial charge on any atom is 0.234 e. The van der Waals surface area contributed by atoms with Crippen LogP contribution in [-0.4, -0.2) is 69.7 Å². The molecule has 0 spiro atoms. The number of aromatic nitrogens is 3. The summed E-state index contributed by atoms with van der Waals surface area (Å²) < 4.78 is 7.89. The Morgan fingerprint density at radius 3 is 2.70 bits per heavy atom. The van der Waals surface area contributed by atoms with E-state index in [4.69, 9.17) is 4.74 Å². The van der Waals surface area contributed by atoms with Crippen LogP contribution in [-0.2, 0) is 14.3 Å². The van der Waals surface area contributed by atoms with Gasteiger partial charge in [0.2, 0.25) is 11.8 Å². The van der Waals surface area contributed by atoms with E-state index in [0.717, 1.165) is 29.6 Å². The smallest absolute Gasteiger partial charge is 0.234 e. The van der Waals surface area contributed by atoms with Crippen molar-refractivity contribution in [3.8, 4) is 0 Å². The predicted octanol–water partition coefficient (Wildman–Crippen LogP) is 3.14. The number of fused-ring (bicyclic) bond motifs is 1. The molecule has 0 saturated carbocycles. The van der Waals surface area contributed by atoms with Crippen molar-refractivity contribution in [2.24, 2.45) is 0 Å². The minimum absolute atomic E-state index is 0.0950. The molecule has 0 atom stereocenters. The number of benzene rings is 1. The van der Waals surface area contributed by atoms with Crippen molar-refractivity contribution < 1.29 is 14.3 Å². The first-order valence-electron chi connectivity index (χ1n) is 9.18. The van der Waals surface area contributed by atoms with Gasteiger partial charge in [-0.3, -0.25) is 9.59 Å². The van der Waals surface area contributed by atoms with Crippen LogP contribution in [0.5, 0.6) is 0 Å². The van der Waals surface area contributed by atoms with Crippen molar-refractivity contribution in [2.45, 2.75) is 15.6 Å². The molecule has 12 heteroatoms. The topological polar surface area (TPSA) is 97.3 Å². The van der Waals surface area contributed by atoms with Gasteiger partial charge in [0.25, 0.3) is 0 Å². The van der Waals surface area contributed by atoms with Crippen LogP contribution in [0.25, 0.3) is 10.2 Å². The van der Waals surface area contributed by atoms with Gasteiger partial charge in [-0.1, -0.05) is 34.9 Å².